The lowest BCUT2D eigenvalue weighted by atomic mass is 10.1. The Kier molecular flexibility index (Phi) is 4.74. The van der Waals surface area contributed by atoms with E-state index in [0.717, 1.165) is 6.54 Å². The number of hydrogen-bond donors (Lipinski definition) is 1. The molecule has 1 N–H and O–H groups in total. The second-order valence-corrected chi connectivity index (χ2v) is 4.29. The first-order valence-corrected chi connectivity index (χ1v) is 5.61. The molecule has 1 heterocycles. The van der Waals surface area contributed by atoms with Crippen molar-refractivity contribution in [1.29, 1.82) is 0 Å². The molecule has 1 saturated heterocycles. The summed E-state index contributed by atoms with van der Waals surface area (Å²) in [4.78, 5) is 0. The topological polar surface area (TPSA) is 21.3 Å². The van der Waals surface area contributed by atoms with E-state index in [9.17, 15) is 0 Å². The Balaban J connectivity index is 2.12. The molecule has 13 heavy (non-hydrogen) atoms. The van der Waals surface area contributed by atoms with Crippen LogP contribution in [0.2, 0.25) is 0 Å². The minimum atomic E-state index is 0.372. The summed E-state index contributed by atoms with van der Waals surface area (Å²) in [6, 6.07) is 0.712. The van der Waals surface area contributed by atoms with Gasteiger partial charge in [-0.1, -0.05) is 19.8 Å². The van der Waals surface area contributed by atoms with Gasteiger partial charge in [-0.25, -0.2) is 0 Å². The Morgan fingerprint density at radius 2 is 2.23 bits per heavy atom. The monoisotopic (exact) mass is 185 g/mol. The molecule has 0 aromatic heterocycles. The molecule has 0 spiro atoms. The van der Waals surface area contributed by atoms with Crippen LogP contribution in [0.5, 0.6) is 0 Å². The lowest BCUT2D eigenvalue weighted by molar-refractivity contribution is 0.0186. The van der Waals surface area contributed by atoms with Crippen molar-refractivity contribution < 1.29 is 4.74 Å². The molecular formula is C11H23NO. The molecule has 0 amide bonds. The molecule has 0 aliphatic carbocycles. The van der Waals surface area contributed by atoms with Crippen LogP contribution in [0.1, 0.15) is 46.5 Å². The third-order valence-electron chi connectivity index (χ3n) is 2.55. The van der Waals surface area contributed by atoms with Crippen molar-refractivity contribution in [1.82, 2.24) is 5.32 Å². The molecule has 2 atom stereocenters. The fraction of sp³-hybridized carbons (Fsp3) is 1.00. The van der Waals surface area contributed by atoms with Crippen molar-refractivity contribution in [2.24, 2.45) is 0 Å². The molecule has 2 nitrogen and oxygen atoms in total. The number of nitrogens with one attached hydrogen (secondary N) is 1. The predicted molar refractivity (Wildman–Crippen MR) is 55.9 cm³/mol. The summed E-state index contributed by atoms with van der Waals surface area (Å²) in [5.74, 6) is 0. The smallest absolute Gasteiger partial charge is 0.0717 e. The van der Waals surface area contributed by atoms with Crippen molar-refractivity contribution >= 4 is 0 Å². The maximum atomic E-state index is 5.76. The maximum absolute atomic E-state index is 5.76. The van der Waals surface area contributed by atoms with E-state index in [1.54, 1.807) is 0 Å². The van der Waals surface area contributed by atoms with Crippen LogP contribution in [-0.2, 0) is 4.74 Å². The first kappa shape index (κ1) is 11.0. The van der Waals surface area contributed by atoms with E-state index >= 15 is 0 Å². The lowest BCUT2D eigenvalue weighted by Gasteiger charge is -2.14. The van der Waals surface area contributed by atoms with Crippen molar-refractivity contribution in [3.05, 3.63) is 0 Å². The van der Waals surface area contributed by atoms with Crippen LogP contribution in [0.15, 0.2) is 0 Å². The Morgan fingerprint density at radius 3 is 2.85 bits per heavy atom. The second kappa shape index (κ2) is 5.61. The molecule has 1 fully saturated rings. The van der Waals surface area contributed by atoms with Gasteiger partial charge < -0.3 is 10.1 Å². The third-order valence-corrected chi connectivity index (χ3v) is 2.55. The maximum Gasteiger partial charge on any atom is 0.0717 e. The summed E-state index contributed by atoms with van der Waals surface area (Å²) in [5, 5.41) is 3.52. The first-order chi connectivity index (χ1) is 6.22. The lowest BCUT2D eigenvalue weighted by Crippen LogP contribution is -2.22. The van der Waals surface area contributed by atoms with Gasteiger partial charge >= 0.3 is 0 Å². The molecule has 1 aliphatic rings. The number of ether oxygens (including phenoxy) is 1. The molecule has 0 radical (unpaired) electrons. The van der Waals surface area contributed by atoms with E-state index < -0.39 is 0 Å². The van der Waals surface area contributed by atoms with Gasteiger partial charge in [0.25, 0.3) is 0 Å². The predicted octanol–water partition coefficient (Wildman–Crippen LogP) is 2.33. The normalized spacial score (nSPS) is 28.6. The fourth-order valence-corrected chi connectivity index (χ4v) is 1.94. The van der Waals surface area contributed by atoms with Gasteiger partial charge in [0, 0.05) is 12.6 Å². The Labute approximate surface area is 82.0 Å². The van der Waals surface area contributed by atoms with E-state index in [1.807, 2.05) is 0 Å². The first-order valence-electron chi connectivity index (χ1n) is 5.61. The molecule has 0 unspecified atom stereocenters. The quantitative estimate of drug-likeness (QED) is 0.710. The highest BCUT2D eigenvalue weighted by Gasteiger charge is 2.24. The standard InChI is InChI=1S/C11H23NO/c1-4-5-6-10-7-11(8-12-10)13-9(2)3/h9-12H,4-8H2,1-3H3/t10-,11-/m1/s1. The molecular weight excluding hydrogens is 162 g/mol. The van der Waals surface area contributed by atoms with Crippen molar-refractivity contribution in [2.45, 2.75) is 64.7 Å². The summed E-state index contributed by atoms with van der Waals surface area (Å²) in [6.45, 7) is 7.52. The minimum Gasteiger partial charge on any atom is -0.374 e. The largest absolute Gasteiger partial charge is 0.374 e. The van der Waals surface area contributed by atoms with Crippen LogP contribution < -0.4 is 5.32 Å². The van der Waals surface area contributed by atoms with Crippen molar-refractivity contribution in [2.75, 3.05) is 6.54 Å². The van der Waals surface area contributed by atoms with Gasteiger partial charge in [-0.05, 0) is 26.7 Å². The molecule has 0 aromatic carbocycles. The summed E-state index contributed by atoms with van der Waals surface area (Å²) in [7, 11) is 0. The van der Waals surface area contributed by atoms with E-state index in [4.69, 9.17) is 4.74 Å². The highest BCUT2D eigenvalue weighted by molar-refractivity contribution is 4.82. The number of hydrogen-bond acceptors (Lipinski definition) is 2. The average Bonchev–Trinajstić information content (AvgIpc) is 2.48. The zero-order chi connectivity index (χ0) is 9.68. The van der Waals surface area contributed by atoms with Crippen LogP contribution in [0, 0.1) is 0 Å². The van der Waals surface area contributed by atoms with Crippen LogP contribution in [0.25, 0.3) is 0 Å². The highest BCUT2D eigenvalue weighted by atomic mass is 16.5. The van der Waals surface area contributed by atoms with E-state index in [1.165, 1.54) is 25.7 Å². The molecule has 1 rings (SSSR count). The summed E-state index contributed by atoms with van der Waals surface area (Å²) in [6.07, 6.45) is 5.99. The van der Waals surface area contributed by atoms with Gasteiger partial charge in [-0.2, -0.15) is 0 Å². The van der Waals surface area contributed by atoms with Crippen LogP contribution in [0.4, 0.5) is 0 Å². The SMILES string of the molecule is CCCC[C@@H]1C[C@@H](OC(C)C)CN1. The summed E-state index contributed by atoms with van der Waals surface area (Å²) >= 11 is 0. The van der Waals surface area contributed by atoms with Crippen LogP contribution in [0.3, 0.4) is 0 Å². The van der Waals surface area contributed by atoms with Gasteiger partial charge in [0.05, 0.1) is 12.2 Å². The summed E-state index contributed by atoms with van der Waals surface area (Å²) < 4.78 is 5.76. The van der Waals surface area contributed by atoms with E-state index in [2.05, 4.69) is 26.1 Å². The van der Waals surface area contributed by atoms with Crippen LogP contribution in [-0.4, -0.2) is 24.8 Å². The second-order valence-electron chi connectivity index (χ2n) is 4.29. The van der Waals surface area contributed by atoms with E-state index in [0.29, 0.717) is 18.2 Å². The summed E-state index contributed by atoms with van der Waals surface area (Å²) in [5.41, 5.74) is 0. The molecule has 1 aliphatic heterocycles. The van der Waals surface area contributed by atoms with Crippen LogP contribution >= 0.6 is 0 Å². The van der Waals surface area contributed by atoms with E-state index in [-0.39, 0.29) is 0 Å². The van der Waals surface area contributed by atoms with Crippen molar-refractivity contribution in [3.8, 4) is 0 Å². The molecule has 0 aromatic rings. The zero-order valence-electron chi connectivity index (χ0n) is 9.18. The Hall–Kier alpha value is -0.0800. The van der Waals surface area contributed by atoms with Gasteiger partial charge in [0.1, 0.15) is 0 Å². The molecule has 2 heteroatoms. The minimum absolute atomic E-state index is 0.372. The molecule has 78 valence electrons. The fourth-order valence-electron chi connectivity index (χ4n) is 1.94. The third kappa shape index (κ3) is 4.10. The highest BCUT2D eigenvalue weighted by Crippen LogP contribution is 2.16. The van der Waals surface area contributed by atoms with Gasteiger partial charge in [0.2, 0.25) is 0 Å². The molecule has 0 bridgehead atoms. The number of unbranched alkanes of at least 4 members (excludes halogenated alkanes) is 1. The van der Waals surface area contributed by atoms with Gasteiger partial charge in [-0.3, -0.25) is 0 Å². The Morgan fingerprint density at radius 1 is 1.46 bits per heavy atom. The number of rotatable bonds is 5. The molecule has 0 saturated carbocycles. The average molecular weight is 185 g/mol. The Bertz CT molecular complexity index is 136. The van der Waals surface area contributed by atoms with Crippen molar-refractivity contribution in [3.63, 3.8) is 0 Å². The van der Waals surface area contributed by atoms with Gasteiger partial charge in [0.15, 0.2) is 0 Å². The van der Waals surface area contributed by atoms with Gasteiger partial charge in [-0.15, -0.1) is 0 Å². The zero-order valence-corrected chi connectivity index (χ0v) is 9.18.